The maximum atomic E-state index is 13.4. The molecule has 2 aromatic rings. The van der Waals surface area contributed by atoms with Crippen LogP contribution in [0.2, 0.25) is 5.02 Å². The van der Waals surface area contributed by atoms with E-state index in [1.54, 1.807) is 53.4 Å². The number of benzene rings is 2. The van der Waals surface area contributed by atoms with E-state index in [1.807, 2.05) is 0 Å². The molecule has 31 heavy (non-hydrogen) atoms. The zero-order chi connectivity index (χ0) is 21.6. The van der Waals surface area contributed by atoms with Crippen molar-refractivity contribution in [2.75, 3.05) is 18.1 Å². The van der Waals surface area contributed by atoms with Crippen molar-refractivity contribution < 1.29 is 23.9 Å². The summed E-state index contributed by atoms with van der Waals surface area (Å²) in [4.78, 5) is 42.7. The highest BCUT2D eigenvalue weighted by atomic mass is 35.5. The van der Waals surface area contributed by atoms with Gasteiger partial charge in [-0.1, -0.05) is 29.8 Å². The summed E-state index contributed by atoms with van der Waals surface area (Å²) in [5, 5.41) is 0.549. The number of carbonyl (C=O) groups excluding carboxylic acids is 3. The minimum Gasteiger partial charge on any atom is -0.490 e. The molecular weight excluding hydrogens is 420 g/mol. The maximum absolute atomic E-state index is 13.4. The molecule has 0 spiro atoms. The van der Waals surface area contributed by atoms with Gasteiger partial charge >= 0.3 is 5.97 Å². The zero-order valence-corrected chi connectivity index (χ0v) is 17.5. The number of esters is 1. The van der Waals surface area contributed by atoms with Crippen LogP contribution < -0.4 is 9.64 Å². The van der Waals surface area contributed by atoms with Crippen molar-refractivity contribution in [1.82, 2.24) is 4.90 Å². The molecule has 2 fully saturated rings. The number of carbonyl (C=O) groups is 3. The number of para-hydroxylation sites is 1. The van der Waals surface area contributed by atoms with Gasteiger partial charge in [0.25, 0.3) is 5.91 Å². The van der Waals surface area contributed by atoms with Gasteiger partial charge in [0.05, 0.1) is 11.3 Å². The van der Waals surface area contributed by atoms with E-state index in [-0.39, 0.29) is 43.9 Å². The van der Waals surface area contributed by atoms with E-state index in [0.717, 1.165) is 12.8 Å². The average Bonchev–Trinajstić information content (AvgIpc) is 3.54. The Morgan fingerprint density at radius 1 is 1.10 bits per heavy atom. The van der Waals surface area contributed by atoms with Gasteiger partial charge in [-0.25, -0.2) is 4.79 Å². The second-order valence-corrected chi connectivity index (χ2v) is 8.35. The molecule has 8 heteroatoms. The van der Waals surface area contributed by atoms with Gasteiger partial charge in [0, 0.05) is 23.9 Å². The molecule has 7 nitrogen and oxygen atoms in total. The Morgan fingerprint density at radius 2 is 1.90 bits per heavy atom. The van der Waals surface area contributed by atoms with Crippen molar-refractivity contribution in [3.8, 4) is 5.75 Å². The number of amides is 2. The molecule has 160 valence electrons. The lowest BCUT2D eigenvalue weighted by molar-refractivity contribution is -0.158. The first kappa shape index (κ1) is 19.9. The molecule has 0 bridgehead atoms. The number of nitrogens with zero attached hydrogens (tertiary/aromatic N) is 2. The summed E-state index contributed by atoms with van der Waals surface area (Å²) in [6.07, 6.45) is 2.01. The van der Waals surface area contributed by atoms with Gasteiger partial charge in [-0.15, -0.1) is 0 Å². The SMILES string of the molecule is O=C1CCC2(C(=O)OCCOc3cccc(Cl)c3)N1c1ccccc1C(=O)N2C1CC1. The van der Waals surface area contributed by atoms with Crippen molar-refractivity contribution in [1.29, 1.82) is 0 Å². The summed E-state index contributed by atoms with van der Waals surface area (Å²) in [7, 11) is 0. The zero-order valence-electron chi connectivity index (χ0n) is 16.8. The van der Waals surface area contributed by atoms with Gasteiger partial charge in [0.15, 0.2) is 0 Å². The topological polar surface area (TPSA) is 76.2 Å². The van der Waals surface area contributed by atoms with Crippen molar-refractivity contribution in [2.24, 2.45) is 0 Å². The Balaban J connectivity index is 1.39. The fourth-order valence-corrected chi connectivity index (χ4v) is 4.66. The number of rotatable bonds is 6. The molecule has 2 amide bonds. The van der Waals surface area contributed by atoms with E-state index in [9.17, 15) is 14.4 Å². The van der Waals surface area contributed by atoms with E-state index in [0.29, 0.717) is 22.0 Å². The molecule has 0 N–H and O–H groups in total. The first-order valence-corrected chi connectivity index (χ1v) is 10.7. The smallest absolute Gasteiger partial charge is 0.353 e. The van der Waals surface area contributed by atoms with Gasteiger partial charge < -0.3 is 14.4 Å². The van der Waals surface area contributed by atoms with Gasteiger partial charge in [-0.05, 0) is 43.2 Å². The Labute approximate surface area is 184 Å². The number of fused-ring (bicyclic) bond motifs is 3. The number of ether oxygens (including phenoxy) is 2. The molecule has 0 aromatic heterocycles. The van der Waals surface area contributed by atoms with Gasteiger partial charge in [0.1, 0.15) is 19.0 Å². The highest BCUT2D eigenvalue weighted by Crippen LogP contribution is 2.49. The minimum absolute atomic E-state index is 0.0104. The van der Waals surface area contributed by atoms with Crippen LogP contribution in [0.1, 0.15) is 36.0 Å². The largest absolute Gasteiger partial charge is 0.490 e. The van der Waals surface area contributed by atoms with Crippen molar-refractivity contribution in [3.63, 3.8) is 0 Å². The van der Waals surface area contributed by atoms with E-state index >= 15 is 0 Å². The third-order valence-corrected chi connectivity index (χ3v) is 6.15. The highest BCUT2D eigenvalue weighted by Gasteiger charge is 2.64. The highest BCUT2D eigenvalue weighted by molar-refractivity contribution is 6.30. The van der Waals surface area contributed by atoms with Crippen LogP contribution in [0.3, 0.4) is 0 Å². The monoisotopic (exact) mass is 440 g/mol. The summed E-state index contributed by atoms with van der Waals surface area (Å²) < 4.78 is 11.2. The first-order chi connectivity index (χ1) is 15.0. The molecule has 1 unspecified atom stereocenters. The van der Waals surface area contributed by atoms with Gasteiger partial charge in [-0.3, -0.25) is 14.5 Å². The van der Waals surface area contributed by atoms with Crippen molar-refractivity contribution in [3.05, 3.63) is 59.1 Å². The lowest BCUT2D eigenvalue weighted by Gasteiger charge is -2.48. The minimum atomic E-state index is -1.43. The van der Waals surface area contributed by atoms with E-state index in [2.05, 4.69) is 0 Å². The van der Waals surface area contributed by atoms with Crippen LogP contribution in [-0.4, -0.2) is 47.6 Å². The van der Waals surface area contributed by atoms with Crippen LogP contribution in [0, 0.1) is 0 Å². The number of anilines is 1. The van der Waals surface area contributed by atoms with Crippen LogP contribution in [0.5, 0.6) is 5.75 Å². The van der Waals surface area contributed by atoms with Crippen LogP contribution in [0.25, 0.3) is 0 Å². The van der Waals surface area contributed by atoms with Crippen LogP contribution in [0.4, 0.5) is 5.69 Å². The molecule has 1 atom stereocenters. The number of halogens is 1. The fraction of sp³-hybridized carbons (Fsp3) is 0.348. The molecule has 1 saturated carbocycles. The summed E-state index contributed by atoms with van der Waals surface area (Å²) >= 11 is 5.95. The van der Waals surface area contributed by atoms with E-state index < -0.39 is 11.6 Å². The molecule has 2 aliphatic heterocycles. The van der Waals surface area contributed by atoms with E-state index in [4.69, 9.17) is 21.1 Å². The molecule has 1 aliphatic carbocycles. The Bertz CT molecular complexity index is 1070. The first-order valence-electron chi connectivity index (χ1n) is 10.3. The van der Waals surface area contributed by atoms with Crippen LogP contribution >= 0.6 is 11.6 Å². The molecule has 5 rings (SSSR count). The average molecular weight is 441 g/mol. The fourth-order valence-electron chi connectivity index (χ4n) is 4.48. The molecule has 3 aliphatic rings. The second-order valence-electron chi connectivity index (χ2n) is 7.91. The predicted octanol–water partition coefficient (Wildman–Crippen LogP) is 3.40. The van der Waals surface area contributed by atoms with Crippen molar-refractivity contribution in [2.45, 2.75) is 37.4 Å². The Kier molecular flexibility index (Phi) is 4.85. The lowest BCUT2D eigenvalue weighted by atomic mass is 9.96. The summed E-state index contributed by atoms with van der Waals surface area (Å²) in [6.45, 7) is 0.119. The number of hydrogen-bond acceptors (Lipinski definition) is 5. The third-order valence-electron chi connectivity index (χ3n) is 5.92. The molecular formula is C23H21ClN2O5. The third kappa shape index (κ3) is 3.24. The lowest BCUT2D eigenvalue weighted by Crippen LogP contribution is -2.69. The molecule has 0 radical (unpaired) electrons. The molecule has 2 heterocycles. The quantitative estimate of drug-likeness (QED) is 0.508. The van der Waals surface area contributed by atoms with E-state index in [1.165, 1.54) is 4.90 Å². The van der Waals surface area contributed by atoms with Crippen molar-refractivity contribution >= 4 is 35.1 Å². The Morgan fingerprint density at radius 3 is 2.68 bits per heavy atom. The molecule has 1 saturated heterocycles. The Hall–Kier alpha value is -3.06. The summed E-state index contributed by atoms with van der Waals surface area (Å²) in [5.74, 6) is -0.433. The maximum Gasteiger partial charge on any atom is 0.353 e. The molecule has 2 aromatic carbocycles. The van der Waals surface area contributed by atoms with Crippen LogP contribution in [0.15, 0.2) is 48.5 Å². The van der Waals surface area contributed by atoms with Gasteiger partial charge in [0.2, 0.25) is 11.6 Å². The summed E-state index contributed by atoms with van der Waals surface area (Å²) in [6, 6.07) is 13.8. The van der Waals surface area contributed by atoms with Gasteiger partial charge in [-0.2, -0.15) is 0 Å². The number of hydrogen-bond donors (Lipinski definition) is 0. The standard InChI is InChI=1S/C23H21ClN2O5/c24-15-4-3-5-17(14-15)30-12-13-31-22(29)23-11-10-20(27)26(23)19-7-2-1-6-18(19)21(28)25(23)16-8-9-16/h1-7,14,16H,8-13H2. The normalized spacial score (nSPS) is 22.2. The van der Waals surface area contributed by atoms with Crippen LogP contribution in [-0.2, 0) is 14.3 Å². The predicted molar refractivity (Wildman–Crippen MR) is 113 cm³/mol. The second kappa shape index (κ2) is 7.57. The summed E-state index contributed by atoms with van der Waals surface area (Å²) in [5.41, 5.74) is -0.517.